The van der Waals surface area contributed by atoms with Crippen molar-refractivity contribution in [1.29, 1.82) is 0 Å². The van der Waals surface area contributed by atoms with Crippen LogP contribution in [0.5, 0.6) is 5.75 Å². The van der Waals surface area contributed by atoms with Crippen molar-refractivity contribution in [3.8, 4) is 5.75 Å². The number of nitrogens with zero attached hydrogens (tertiary/aromatic N) is 1. The van der Waals surface area contributed by atoms with Crippen LogP contribution in [0.1, 0.15) is 22.3 Å². The third-order valence-corrected chi connectivity index (χ3v) is 4.93. The number of anilines is 2. The number of ether oxygens (including phenoxy) is 1. The lowest BCUT2D eigenvalue weighted by Gasteiger charge is -2.29. The second-order valence-corrected chi connectivity index (χ2v) is 6.88. The molecule has 1 heterocycles. The number of carbonyl (C=O) groups is 2. The SMILES string of the molecule is O=C(Nc1ccccc1)c1ccccc1OCC(=O)N1CCCc2ccccc21. The van der Waals surface area contributed by atoms with E-state index < -0.39 is 0 Å². The van der Waals surface area contributed by atoms with Crippen LogP contribution in [0.2, 0.25) is 0 Å². The molecule has 3 aromatic carbocycles. The molecule has 1 N–H and O–H groups in total. The fraction of sp³-hybridized carbons (Fsp3) is 0.167. The molecule has 0 saturated carbocycles. The van der Waals surface area contributed by atoms with Crippen LogP contribution >= 0.6 is 0 Å². The first kappa shape index (κ1) is 18.7. The zero-order chi connectivity index (χ0) is 20.1. The summed E-state index contributed by atoms with van der Waals surface area (Å²) in [7, 11) is 0. The molecule has 5 nitrogen and oxygen atoms in total. The van der Waals surface area contributed by atoms with Crippen molar-refractivity contribution in [2.24, 2.45) is 0 Å². The molecule has 0 unspecified atom stereocenters. The van der Waals surface area contributed by atoms with Crippen LogP contribution in [0.3, 0.4) is 0 Å². The van der Waals surface area contributed by atoms with Crippen molar-refractivity contribution in [3.63, 3.8) is 0 Å². The lowest BCUT2D eigenvalue weighted by atomic mass is 10.0. The van der Waals surface area contributed by atoms with E-state index in [0.29, 0.717) is 23.5 Å². The van der Waals surface area contributed by atoms with Crippen LogP contribution in [0, 0.1) is 0 Å². The van der Waals surface area contributed by atoms with Crippen molar-refractivity contribution in [2.45, 2.75) is 12.8 Å². The summed E-state index contributed by atoms with van der Waals surface area (Å²) in [5.74, 6) is -0.00226. The Morgan fingerprint density at radius 3 is 2.48 bits per heavy atom. The lowest BCUT2D eigenvalue weighted by Crippen LogP contribution is -2.38. The van der Waals surface area contributed by atoms with Gasteiger partial charge in [0.25, 0.3) is 11.8 Å². The second kappa shape index (κ2) is 8.61. The summed E-state index contributed by atoms with van der Waals surface area (Å²) in [5, 5.41) is 2.85. The average Bonchev–Trinajstić information content (AvgIpc) is 2.78. The van der Waals surface area contributed by atoms with Crippen LogP contribution in [-0.4, -0.2) is 25.0 Å². The van der Waals surface area contributed by atoms with Gasteiger partial charge in [0.1, 0.15) is 5.75 Å². The Morgan fingerprint density at radius 1 is 0.897 bits per heavy atom. The standard InChI is InChI=1S/C24H22N2O3/c27-23(26-16-8-10-18-9-4-6-14-21(18)26)17-29-22-15-7-5-13-20(22)24(28)25-19-11-2-1-3-12-19/h1-7,9,11-15H,8,10,16-17H2,(H,25,28). The highest BCUT2D eigenvalue weighted by Crippen LogP contribution is 2.27. The molecule has 0 radical (unpaired) electrons. The smallest absolute Gasteiger partial charge is 0.264 e. The number of para-hydroxylation sites is 3. The van der Waals surface area contributed by atoms with E-state index >= 15 is 0 Å². The normalized spacial score (nSPS) is 12.8. The van der Waals surface area contributed by atoms with Gasteiger partial charge in [-0.1, -0.05) is 48.5 Å². The predicted molar refractivity (Wildman–Crippen MR) is 113 cm³/mol. The van der Waals surface area contributed by atoms with Gasteiger partial charge in [0.2, 0.25) is 0 Å². The van der Waals surface area contributed by atoms with Crippen LogP contribution in [0.25, 0.3) is 0 Å². The molecule has 1 aliphatic heterocycles. The highest BCUT2D eigenvalue weighted by Gasteiger charge is 2.23. The van der Waals surface area contributed by atoms with Gasteiger partial charge in [-0.25, -0.2) is 0 Å². The van der Waals surface area contributed by atoms with Crippen molar-refractivity contribution >= 4 is 23.2 Å². The van der Waals surface area contributed by atoms with E-state index in [4.69, 9.17) is 4.74 Å². The third kappa shape index (κ3) is 4.29. The third-order valence-electron chi connectivity index (χ3n) is 4.93. The number of benzene rings is 3. The summed E-state index contributed by atoms with van der Waals surface area (Å²) in [4.78, 5) is 27.2. The van der Waals surface area contributed by atoms with Gasteiger partial charge in [-0.3, -0.25) is 9.59 Å². The number of hydrogen-bond acceptors (Lipinski definition) is 3. The Labute approximate surface area is 169 Å². The van der Waals surface area contributed by atoms with Crippen molar-refractivity contribution in [2.75, 3.05) is 23.4 Å². The molecule has 0 bridgehead atoms. The van der Waals surface area contributed by atoms with Gasteiger partial charge < -0.3 is 15.0 Å². The summed E-state index contributed by atoms with van der Waals surface area (Å²) >= 11 is 0. The molecular weight excluding hydrogens is 364 g/mol. The maximum Gasteiger partial charge on any atom is 0.264 e. The van der Waals surface area contributed by atoms with Gasteiger partial charge in [-0.2, -0.15) is 0 Å². The van der Waals surface area contributed by atoms with Crippen LogP contribution in [0.15, 0.2) is 78.9 Å². The summed E-state index contributed by atoms with van der Waals surface area (Å²) in [6.07, 6.45) is 1.90. The molecule has 0 saturated heterocycles. The number of rotatable bonds is 5. The number of amides is 2. The minimum Gasteiger partial charge on any atom is -0.483 e. The monoisotopic (exact) mass is 386 g/mol. The van der Waals surface area contributed by atoms with Gasteiger partial charge in [0.05, 0.1) is 5.56 Å². The maximum absolute atomic E-state index is 12.8. The molecule has 0 fully saturated rings. The van der Waals surface area contributed by atoms with Crippen LogP contribution < -0.4 is 15.0 Å². The van der Waals surface area contributed by atoms with Gasteiger partial charge in [-0.15, -0.1) is 0 Å². The molecule has 2 amide bonds. The fourth-order valence-corrected chi connectivity index (χ4v) is 3.51. The maximum atomic E-state index is 12.8. The summed E-state index contributed by atoms with van der Waals surface area (Å²) in [6, 6.07) is 24.1. The highest BCUT2D eigenvalue weighted by atomic mass is 16.5. The van der Waals surface area contributed by atoms with Crippen LogP contribution in [-0.2, 0) is 11.2 Å². The molecular formula is C24H22N2O3. The first-order valence-electron chi connectivity index (χ1n) is 9.69. The molecule has 1 aliphatic rings. The largest absolute Gasteiger partial charge is 0.483 e. The Balaban J connectivity index is 1.46. The number of fused-ring (bicyclic) bond motifs is 1. The molecule has 4 rings (SSSR count). The topological polar surface area (TPSA) is 58.6 Å². The molecule has 3 aromatic rings. The Morgan fingerprint density at radius 2 is 1.62 bits per heavy atom. The zero-order valence-electron chi connectivity index (χ0n) is 16.0. The number of carbonyl (C=O) groups excluding carboxylic acids is 2. The van der Waals surface area contributed by atoms with E-state index in [2.05, 4.69) is 11.4 Å². The molecule has 0 atom stereocenters. The molecule has 0 spiro atoms. The van der Waals surface area contributed by atoms with Crippen molar-refractivity contribution in [1.82, 2.24) is 0 Å². The van der Waals surface area contributed by atoms with Gasteiger partial charge in [-0.05, 0) is 48.7 Å². The quantitative estimate of drug-likeness (QED) is 0.711. The van der Waals surface area contributed by atoms with E-state index in [9.17, 15) is 9.59 Å². The Hall–Kier alpha value is -3.60. The Kier molecular flexibility index (Phi) is 5.56. The van der Waals surface area contributed by atoms with E-state index in [1.165, 1.54) is 5.56 Å². The zero-order valence-corrected chi connectivity index (χ0v) is 16.0. The van der Waals surface area contributed by atoms with Crippen molar-refractivity contribution < 1.29 is 14.3 Å². The summed E-state index contributed by atoms with van der Waals surface area (Å²) in [6.45, 7) is 0.555. The van der Waals surface area contributed by atoms with Crippen LogP contribution in [0.4, 0.5) is 11.4 Å². The summed E-state index contributed by atoms with van der Waals surface area (Å²) < 4.78 is 5.77. The van der Waals surface area contributed by atoms with E-state index in [1.807, 2.05) is 48.5 Å². The number of nitrogens with one attached hydrogen (secondary N) is 1. The van der Waals surface area contributed by atoms with Crippen molar-refractivity contribution in [3.05, 3.63) is 90.0 Å². The first-order valence-corrected chi connectivity index (χ1v) is 9.69. The first-order chi connectivity index (χ1) is 14.2. The molecule has 0 aliphatic carbocycles. The molecule has 5 heteroatoms. The molecule has 0 aromatic heterocycles. The number of hydrogen-bond donors (Lipinski definition) is 1. The minimum atomic E-state index is -0.275. The predicted octanol–water partition coefficient (Wildman–Crippen LogP) is 4.30. The van der Waals surface area contributed by atoms with Gasteiger partial charge in [0.15, 0.2) is 6.61 Å². The second-order valence-electron chi connectivity index (χ2n) is 6.88. The lowest BCUT2D eigenvalue weighted by molar-refractivity contribution is -0.120. The fourth-order valence-electron chi connectivity index (χ4n) is 3.51. The molecule has 146 valence electrons. The average molecular weight is 386 g/mol. The van der Waals surface area contributed by atoms with Gasteiger partial charge >= 0.3 is 0 Å². The summed E-state index contributed by atoms with van der Waals surface area (Å²) in [5.41, 5.74) is 3.22. The van der Waals surface area contributed by atoms with E-state index in [1.54, 1.807) is 29.2 Å². The number of aryl methyl sites for hydroxylation is 1. The van der Waals surface area contributed by atoms with E-state index in [-0.39, 0.29) is 18.4 Å². The highest BCUT2D eigenvalue weighted by molar-refractivity contribution is 6.06. The van der Waals surface area contributed by atoms with E-state index in [0.717, 1.165) is 18.5 Å². The Bertz CT molecular complexity index is 1020. The minimum absolute atomic E-state index is 0.115. The van der Waals surface area contributed by atoms with Gasteiger partial charge in [0, 0.05) is 17.9 Å². The molecule has 29 heavy (non-hydrogen) atoms.